The molecule has 4 aromatic rings. The summed E-state index contributed by atoms with van der Waals surface area (Å²) in [5.74, 6) is 0. The van der Waals surface area contributed by atoms with Crippen LogP contribution in [-0.2, 0) is 0 Å². The molecule has 0 unspecified atom stereocenters. The molecule has 0 fully saturated rings. The fourth-order valence-electron chi connectivity index (χ4n) is 2.60. The summed E-state index contributed by atoms with van der Waals surface area (Å²) in [6.45, 7) is 4.04. The van der Waals surface area contributed by atoms with Crippen LogP contribution in [0.15, 0.2) is 53.1 Å². The lowest BCUT2D eigenvalue weighted by atomic mass is 10.1. The van der Waals surface area contributed by atoms with Crippen LogP contribution in [0.25, 0.3) is 33.3 Å². The normalized spacial score (nSPS) is 11.3. The van der Waals surface area contributed by atoms with Crippen LogP contribution >= 0.6 is 0 Å². The molecule has 3 aromatic heterocycles. The van der Waals surface area contributed by atoms with Gasteiger partial charge in [-0.1, -0.05) is 0 Å². The van der Waals surface area contributed by atoms with Crippen molar-refractivity contribution < 1.29 is 4.42 Å². The molecule has 3 nitrogen and oxygen atoms in total. The average Bonchev–Trinajstić information content (AvgIpc) is 2.83. The molecule has 0 saturated heterocycles. The highest BCUT2D eigenvalue weighted by Crippen LogP contribution is 2.31. The van der Waals surface area contributed by atoms with Crippen LogP contribution in [0.4, 0.5) is 0 Å². The quantitative estimate of drug-likeness (QED) is 0.506. The molecule has 0 saturated carbocycles. The van der Waals surface area contributed by atoms with Gasteiger partial charge in [-0.15, -0.1) is 0 Å². The zero-order valence-electron chi connectivity index (χ0n) is 11.9. The van der Waals surface area contributed by atoms with Gasteiger partial charge in [-0.05, 0) is 61.9 Å². The molecule has 0 spiro atoms. The second kappa shape index (κ2) is 4.42. The summed E-state index contributed by atoms with van der Waals surface area (Å²) in [6.07, 6.45) is 1.84. The molecule has 3 heteroatoms. The molecule has 3 heterocycles. The summed E-state index contributed by atoms with van der Waals surface area (Å²) in [4.78, 5) is 8.90. The molecule has 0 radical (unpaired) electrons. The van der Waals surface area contributed by atoms with E-state index >= 15 is 0 Å². The number of hydrogen-bond acceptors (Lipinski definition) is 3. The van der Waals surface area contributed by atoms with Crippen LogP contribution in [0.1, 0.15) is 11.3 Å². The van der Waals surface area contributed by atoms with Gasteiger partial charge in [-0.2, -0.15) is 0 Å². The second-order valence-corrected chi connectivity index (χ2v) is 5.34. The van der Waals surface area contributed by atoms with Crippen molar-refractivity contribution in [2.24, 2.45) is 0 Å². The Balaban J connectivity index is 1.99. The molecule has 0 aliphatic heterocycles. The third-order valence-electron chi connectivity index (χ3n) is 3.69. The molecule has 0 aliphatic rings. The molecule has 1 aromatic carbocycles. The van der Waals surface area contributed by atoms with Crippen molar-refractivity contribution in [2.45, 2.75) is 13.8 Å². The Morgan fingerprint density at radius 2 is 1.81 bits per heavy atom. The van der Waals surface area contributed by atoms with E-state index in [1.54, 1.807) is 0 Å². The summed E-state index contributed by atoms with van der Waals surface area (Å²) in [6, 6.07) is 14.3. The van der Waals surface area contributed by atoms with Gasteiger partial charge in [0.05, 0.1) is 5.69 Å². The summed E-state index contributed by atoms with van der Waals surface area (Å²) < 4.78 is 5.82. The minimum absolute atomic E-state index is 0.694. The van der Waals surface area contributed by atoms with Gasteiger partial charge >= 0.3 is 0 Å². The van der Waals surface area contributed by atoms with Crippen molar-refractivity contribution in [3.8, 4) is 11.3 Å². The lowest BCUT2D eigenvalue weighted by molar-refractivity contribution is 0.652. The molecule has 0 atom stereocenters. The van der Waals surface area contributed by atoms with Crippen molar-refractivity contribution in [1.29, 1.82) is 0 Å². The number of nitrogens with zero attached hydrogens (tertiary/aromatic N) is 2. The first-order valence-corrected chi connectivity index (χ1v) is 6.94. The van der Waals surface area contributed by atoms with Crippen LogP contribution in [0.5, 0.6) is 0 Å². The number of benzene rings is 1. The molecule has 21 heavy (non-hydrogen) atoms. The van der Waals surface area contributed by atoms with Gasteiger partial charge in [-0.3, -0.25) is 4.98 Å². The summed E-state index contributed by atoms with van der Waals surface area (Å²) >= 11 is 0. The van der Waals surface area contributed by atoms with Gasteiger partial charge in [0, 0.05) is 28.2 Å². The molecule has 0 bridgehead atoms. The number of furan rings is 1. The number of aryl methyl sites for hydroxylation is 2. The number of pyridine rings is 2. The molecule has 102 valence electrons. The highest BCUT2D eigenvalue weighted by atomic mass is 16.3. The predicted molar refractivity (Wildman–Crippen MR) is 84.2 cm³/mol. The third kappa shape index (κ3) is 1.98. The van der Waals surface area contributed by atoms with Crippen molar-refractivity contribution in [3.63, 3.8) is 0 Å². The van der Waals surface area contributed by atoms with Crippen molar-refractivity contribution in [2.75, 3.05) is 0 Å². The van der Waals surface area contributed by atoms with E-state index < -0.39 is 0 Å². The maximum atomic E-state index is 5.82. The summed E-state index contributed by atoms with van der Waals surface area (Å²) in [5, 5.41) is 2.13. The van der Waals surface area contributed by atoms with Crippen molar-refractivity contribution in [1.82, 2.24) is 9.97 Å². The number of rotatable bonds is 1. The van der Waals surface area contributed by atoms with Gasteiger partial charge in [0.1, 0.15) is 5.58 Å². The number of hydrogen-bond donors (Lipinski definition) is 0. The minimum atomic E-state index is 0.694. The maximum Gasteiger partial charge on any atom is 0.227 e. The Labute approximate surface area is 122 Å². The monoisotopic (exact) mass is 274 g/mol. The average molecular weight is 274 g/mol. The first-order chi connectivity index (χ1) is 10.2. The smallest absolute Gasteiger partial charge is 0.227 e. The fourth-order valence-corrected chi connectivity index (χ4v) is 2.60. The van der Waals surface area contributed by atoms with E-state index in [1.165, 1.54) is 5.56 Å². The predicted octanol–water partition coefficient (Wildman–Crippen LogP) is 4.66. The Kier molecular flexibility index (Phi) is 2.54. The zero-order chi connectivity index (χ0) is 14.4. The number of fused-ring (bicyclic) bond motifs is 3. The third-order valence-corrected chi connectivity index (χ3v) is 3.69. The highest BCUT2D eigenvalue weighted by molar-refractivity contribution is 6.04. The Morgan fingerprint density at radius 3 is 2.67 bits per heavy atom. The van der Waals surface area contributed by atoms with Crippen molar-refractivity contribution in [3.05, 3.63) is 59.9 Å². The van der Waals surface area contributed by atoms with Crippen LogP contribution in [-0.4, -0.2) is 9.97 Å². The molecule has 4 rings (SSSR count). The van der Waals surface area contributed by atoms with E-state index in [4.69, 9.17) is 4.42 Å². The lowest BCUT2D eigenvalue weighted by Gasteiger charge is -2.01. The van der Waals surface area contributed by atoms with E-state index in [2.05, 4.69) is 35.1 Å². The molecule has 0 N–H and O–H groups in total. The largest absolute Gasteiger partial charge is 0.438 e. The van der Waals surface area contributed by atoms with E-state index in [-0.39, 0.29) is 0 Å². The van der Waals surface area contributed by atoms with E-state index in [1.807, 2.05) is 37.4 Å². The molecular formula is C18H14N2O. The summed E-state index contributed by atoms with van der Waals surface area (Å²) in [7, 11) is 0. The van der Waals surface area contributed by atoms with Crippen LogP contribution in [0.2, 0.25) is 0 Å². The highest BCUT2D eigenvalue weighted by Gasteiger charge is 2.10. The number of aromatic nitrogens is 2. The van der Waals surface area contributed by atoms with Gasteiger partial charge in [0.15, 0.2) is 0 Å². The van der Waals surface area contributed by atoms with E-state index in [0.29, 0.717) is 5.71 Å². The lowest BCUT2D eigenvalue weighted by Crippen LogP contribution is -1.84. The molecule has 0 amide bonds. The van der Waals surface area contributed by atoms with Gasteiger partial charge in [0.2, 0.25) is 5.71 Å². The van der Waals surface area contributed by atoms with E-state index in [0.717, 1.165) is 33.3 Å². The van der Waals surface area contributed by atoms with Gasteiger partial charge in [0.25, 0.3) is 0 Å². The first-order valence-electron chi connectivity index (χ1n) is 6.94. The molecular weight excluding hydrogens is 260 g/mol. The Hall–Kier alpha value is -2.68. The zero-order valence-corrected chi connectivity index (χ0v) is 11.9. The topological polar surface area (TPSA) is 38.9 Å². The fraction of sp³-hybridized carbons (Fsp3) is 0.111. The van der Waals surface area contributed by atoms with Crippen LogP contribution < -0.4 is 0 Å². The van der Waals surface area contributed by atoms with E-state index in [9.17, 15) is 0 Å². The van der Waals surface area contributed by atoms with Gasteiger partial charge in [-0.25, -0.2) is 4.98 Å². The van der Waals surface area contributed by atoms with Crippen LogP contribution in [0, 0.1) is 13.8 Å². The maximum absolute atomic E-state index is 5.82. The minimum Gasteiger partial charge on any atom is -0.438 e. The second-order valence-electron chi connectivity index (χ2n) is 5.34. The Bertz CT molecular complexity index is 969. The van der Waals surface area contributed by atoms with Crippen molar-refractivity contribution >= 4 is 22.1 Å². The SMILES string of the molecule is Cc1ccnc(-c2ccc3oc4nc(C)ccc4c3c2)c1. The van der Waals surface area contributed by atoms with Gasteiger partial charge < -0.3 is 4.42 Å². The first kappa shape index (κ1) is 12.1. The van der Waals surface area contributed by atoms with Crippen LogP contribution in [0.3, 0.4) is 0 Å². The molecule has 0 aliphatic carbocycles. The standard InChI is InChI=1S/C18H14N2O/c1-11-7-8-19-16(9-11)13-4-6-17-15(10-13)14-5-3-12(2)20-18(14)21-17/h3-10H,1-2H3. The summed E-state index contributed by atoms with van der Waals surface area (Å²) in [5.41, 5.74) is 5.79. The Morgan fingerprint density at radius 1 is 0.905 bits per heavy atom.